The van der Waals surface area contributed by atoms with E-state index < -0.39 is 0 Å². The van der Waals surface area contributed by atoms with E-state index in [-0.39, 0.29) is 6.10 Å². The molecule has 1 aliphatic heterocycles. The molecule has 0 aliphatic carbocycles. The van der Waals surface area contributed by atoms with Crippen LogP contribution in [0.15, 0.2) is 73.1 Å². The fraction of sp³-hybridized carbons (Fsp3) is 0.182. The number of imidazole rings is 1. The first kappa shape index (κ1) is 16.0. The number of aliphatic hydroxyl groups is 1. The summed E-state index contributed by atoms with van der Waals surface area (Å²) < 4.78 is 2.01. The molecule has 1 N–H and O–H groups in total. The number of benzene rings is 2. The summed E-state index contributed by atoms with van der Waals surface area (Å²) in [5.74, 6) is 0.855. The molecule has 0 radical (unpaired) electrons. The molecule has 1 fully saturated rings. The van der Waals surface area contributed by atoms with Gasteiger partial charge in [0, 0.05) is 24.3 Å². The second-order valence-electron chi connectivity index (χ2n) is 6.92. The lowest BCUT2D eigenvalue weighted by molar-refractivity contribution is 0.198. The molecule has 0 spiro atoms. The minimum Gasteiger partial charge on any atom is -0.391 e. The summed E-state index contributed by atoms with van der Waals surface area (Å²) in [7, 11) is 0. The molecule has 5 nitrogen and oxygen atoms in total. The van der Waals surface area contributed by atoms with Gasteiger partial charge < -0.3 is 10.0 Å². The van der Waals surface area contributed by atoms with Gasteiger partial charge in [0.25, 0.3) is 0 Å². The van der Waals surface area contributed by atoms with Gasteiger partial charge >= 0.3 is 0 Å². The lowest BCUT2D eigenvalue weighted by atomic mass is 10.1. The second-order valence-corrected chi connectivity index (χ2v) is 6.92. The molecule has 1 aliphatic rings. The highest BCUT2D eigenvalue weighted by atomic mass is 16.3. The van der Waals surface area contributed by atoms with Crippen LogP contribution in [0, 0.1) is 0 Å². The summed E-state index contributed by atoms with van der Waals surface area (Å²) >= 11 is 0. The number of aliphatic hydroxyl groups excluding tert-OH is 1. The normalized spacial score (nSPS) is 16.9. The van der Waals surface area contributed by atoms with Gasteiger partial charge in [-0.25, -0.2) is 9.97 Å². The van der Waals surface area contributed by atoms with Crippen molar-refractivity contribution in [1.82, 2.24) is 14.5 Å². The third-order valence-electron chi connectivity index (χ3n) is 5.13. The Morgan fingerprint density at radius 3 is 2.59 bits per heavy atom. The third kappa shape index (κ3) is 2.96. The molecule has 0 saturated carbocycles. The highest BCUT2D eigenvalue weighted by molar-refractivity contribution is 5.77. The summed E-state index contributed by atoms with van der Waals surface area (Å²) in [6.45, 7) is 1.61. The second kappa shape index (κ2) is 6.52. The van der Waals surface area contributed by atoms with Crippen LogP contribution < -0.4 is 4.90 Å². The predicted octanol–water partition coefficient (Wildman–Crippen LogP) is 3.66. The van der Waals surface area contributed by atoms with Crippen molar-refractivity contribution < 1.29 is 5.11 Å². The van der Waals surface area contributed by atoms with Gasteiger partial charge in [-0.1, -0.05) is 30.3 Å². The summed E-state index contributed by atoms with van der Waals surface area (Å²) in [4.78, 5) is 11.5. The summed E-state index contributed by atoms with van der Waals surface area (Å²) in [5, 5.41) is 9.73. The number of nitrogens with zero attached hydrogens (tertiary/aromatic N) is 4. The van der Waals surface area contributed by atoms with Crippen molar-refractivity contribution in [2.24, 2.45) is 0 Å². The van der Waals surface area contributed by atoms with Crippen LogP contribution in [-0.2, 0) is 0 Å². The molecule has 0 bridgehead atoms. The zero-order valence-electron chi connectivity index (χ0n) is 14.9. The number of hydrogen-bond acceptors (Lipinski definition) is 4. The fourth-order valence-electron chi connectivity index (χ4n) is 3.68. The third-order valence-corrected chi connectivity index (χ3v) is 5.13. The van der Waals surface area contributed by atoms with E-state index in [1.54, 1.807) is 0 Å². The van der Waals surface area contributed by atoms with E-state index in [0.717, 1.165) is 46.8 Å². The first-order valence-electron chi connectivity index (χ1n) is 9.21. The average Bonchev–Trinajstić information content (AvgIpc) is 3.35. The molecule has 3 heterocycles. The average molecular weight is 356 g/mol. The smallest absolute Gasteiger partial charge is 0.139 e. The lowest BCUT2D eigenvalue weighted by Gasteiger charge is -2.18. The largest absolute Gasteiger partial charge is 0.391 e. The van der Waals surface area contributed by atoms with Crippen LogP contribution in [0.1, 0.15) is 6.42 Å². The molecule has 5 heteroatoms. The first-order chi connectivity index (χ1) is 13.3. The van der Waals surface area contributed by atoms with E-state index >= 15 is 0 Å². The number of aromatic nitrogens is 3. The van der Waals surface area contributed by atoms with Crippen LogP contribution in [0.2, 0.25) is 0 Å². The summed E-state index contributed by atoms with van der Waals surface area (Å²) in [5.41, 5.74) is 5.15. The van der Waals surface area contributed by atoms with Gasteiger partial charge in [-0.05, 0) is 42.8 Å². The maximum atomic E-state index is 9.73. The number of para-hydroxylation sites is 2. The van der Waals surface area contributed by atoms with Gasteiger partial charge in [-0.2, -0.15) is 0 Å². The van der Waals surface area contributed by atoms with Crippen molar-refractivity contribution in [3.63, 3.8) is 0 Å². The van der Waals surface area contributed by atoms with Crippen molar-refractivity contribution in [2.75, 3.05) is 18.0 Å². The monoisotopic (exact) mass is 356 g/mol. The molecular weight excluding hydrogens is 336 g/mol. The molecule has 2 aromatic carbocycles. The van der Waals surface area contributed by atoms with Crippen molar-refractivity contribution in [3.8, 4) is 17.1 Å². The SMILES string of the molecule is OC1CCN(c2ccc(-c3cccc(-n4cnc5ccccc54)n3)cc2)C1. The molecule has 134 valence electrons. The fourth-order valence-corrected chi connectivity index (χ4v) is 3.68. The molecule has 4 aromatic rings. The van der Waals surface area contributed by atoms with E-state index in [2.05, 4.69) is 40.2 Å². The Labute approximate surface area is 157 Å². The Morgan fingerprint density at radius 2 is 1.78 bits per heavy atom. The first-order valence-corrected chi connectivity index (χ1v) is 9.21. The number of fused-ring (bicyclic) bond motifs is 1. The number of hydrogen-bond donors (Lipinski definition) is 1. The van der Waals surface area contributed by atoms with Crippen LogP contribution in [0.4, 0.5) is 5.69 Å². The van der Waals surface area contributed by atoms with Gasteiger partial charge in [0.1, 0.15) is 12.1 Å². The van der Waals surface area contributed by atoms with Crippen LogP contribution >= 0.6 is 0 Å². The maximum absolute atomic E-state index is 9.73. The highest BCUT2D eigenvalue weighted by Crippen LogP contribution is 2.26. The Bertz CT molecular complexity index is 1090. The van der Waals surface area contributed by atoms with Crippen molar-refractivity contribution >= 4 is 16.7 Å². The quantitative estimate of drug-likeness (QED) is 0.609. The minimum atomic E-state index is -0.215. The summed E-state index contributed by atoms with van der Waals surface area (Å²) in [6.07, 6.45) is 2.44. The molecule has 2 aromatic heterocycles. The standard InChI is InChI=1S/C22H20N4O/c27-18-12-13-25(14-18)17-10-8-16(9-11-17)19-5-3-7-22(24-19)26-15-23-20-4-1-2-6-21(20)26/h1-11,15,18,27H,12-14H2. The van der Waals surface area contributed by atoms with E-state index in [1.807, 2.05) is 47.3 Å². The number of β-amino-alcohol motifs (C(OH)–C–C–N with tert-alkyl or cyclic N) is 1. The molecule has 0 amide bonds. The van der Waals surface area contributed by atoms with Gasteiger partial charge in [0.2, 0.25) is 0 Å². The Morgan fingerprint density at radius 1 is 0.926 bits per heavy atom. The zero-order valence-corrected chi connectivity index (χ0v) is 14.9. The number of rotatable bonds is 3. The van der Waals surface area contributed by atoms with Crippen LogP contribution in [0.5, 0.6) is 0 Å². The van der Waals surface area contributed by atoms with E-state index in [0.29, 0.717) is 6.54 Å². The zero-order chi connectivity index (χ0) is 18.2. The van der Waals surface area contributed by atoms with Gasteiger partial charge in [-0.3, -0.25) is 4.57 Å². The van der Waals surface area contributed by atoms with Crippen molar-refractivity contribution in [3.05, 3.63) is 73.1 Å². The van der Waals surface area contributed by atoms with E-state index in [4.69, 9.17) is 4.98 Å². The van der Waals surface area contributed by atoms with Crippen LogP contribution in [0.25, 0.3) is 28.1 Å². The number of anilines is 1. The van der Waals surface area contributed by atoms with Crippen molar-refractivity contribution in [2.45, 2.75) is 12.5 Å². The van der Waals surface area contributed by atoms with E-state index in [9.17, 15) is 5.11 Å². The van der Waals surface area contributed by atoms with E-state index in [1.165, 1.54) is 0 Å². The van der Waals surface area contributed by atoms with Crippen LogP contribution in [-0.4, -0.2) is 38.8 Å². The van der Waals surface area contributed by atoms with Gasteiger partial charge in [-0.15, -0.1) is 0 Å². The summed E-state index contributed by atoms with van der Waals surface area (Å²) in [6, 6.07) is 22.5. The lowest BCUT2D eigenvalue weighted by Crippen LogP contribution is -2.20. The van der Waals surface area contributed by atoms with Gasteiger partial charge in [0.15, 0.2) is 0 Å². The highest BCUT2D eigenvalue weighted by Gasteiger charge is 2.20. The van der Waals surface area contributed by atoms with Crippen molar-refractivity contribution in [1.29, 1.82) is 0 Å². The molecule has 1 unspecified atom stereocenters. The van der Waals surface area contributed by atoms with Crippen LogP contribution in [0.3, 0.4) is 0 Å². The molecular formula is C22H20N4O. The molecule has 1 atom stereocenters. The Kier molecular flexibility index (Phi) is 3.87. The maximum Gasteiger partial charge on any atom is 0.139 e. The topological polar surface area (TPSA) is 54.2 Å². The molecule has 27 heavy (non-hydrogen) atoms. The molecule has 5 rings (SSSR count). The predicted molar refractivity (Wildman–Crippen MR) is 107 cm³/mol. The van der Waals surface area contributed by atoms with Gasteiger partial charge in [0.05, 0.1) is 22.8 Å². The Hall–Kier alpha value is -3.18. The number of pyridine rings is 1. The minimum absolute atomic E-state index is 0.215. The molecule has 1 saturated heterocycles. The Balaban J connectivity index is 1.47.